The van der Waals surface area contributed by atoms with E-state index in [0.717, 1.165) is 11.3 Å². The summed E-state index contributed by atoms with van der Waals surface area (Å²) < 4.78 is 0. The maximum atomic E-state index is 5.81. The highest BCUT2D eigenvalue weighted by molar-refractivity contribution is 5.60. The molecule has 4 heteroatoms. The summed E-state index contributed by atoms with van der Waals surface area (Å²) in [6.45, 7) is 1.98. The molecule has 0 amide bonds. The molecule has 1 heterocycles. The molecule has 2 rings (SSSR count). The fraction of sp³-hybridized carbons (Fsp3) is 0.111. The zero-order valence-electron chi connectivity index (χ0n) is 7.31. The molecule has 1 aromatic heterocycles. The molecule has 0 radical (unpaired) electrons. The third kappa shape index (κ3) is 1.26. The molecule has 0 saturated carbocycles. The van der Waals surface area contributed by atoms with Crippen LogP contribution >= 0.6 is 0 Å². The van der Waals surface area contributed by atoms with Crippen LogP contribution < -0.4 is 5.73 Å². The smallest absolute Gasteiger partial charge is 0.111 e. The van der Waals surface area contributed by atoms with Crippen LogP contribution in [0.4, 0.5) is 5.69 Å². The van der Waals surface area contributed by atoms with Crippen LogP contribution in [0.15, 0.2) is 30.6 Å². The number of hydrogen-bond donors (Lipinski definition) is 1. The van der Waals surface area contributed by atoms with Crippen LogP contribution in [-0.2, 0) is 0 Å². The number of aryl methyl sites for hydroxylation is 1. The average Bonchev–Trinajstić information content (AvgIpc) is 2.57. The number of hydrogen-bond acceptors (Lipinski definition) is 3. The lowest BCUT2D eigenvalue weighted by atomic mass is 10.2. The minimum Gasteiger partial charge on any atom is -0.397 e. The zero-order valence-corrected chi connectivity index (χ0v) is 7.31. The second-order valence-electron chi connectivity index (χ2n) is 2.83. The van der Waals surface area contributed by atoms with Gasteiger partial charge in [-0.25, -0.2) is 0 Å². The number of rotatable bonds is 1. The van der Waals surface area contributed by atoms with Gasteiger partial charge in [0, 0.05) is 0 Å². The van der Waals surface area contributed by atoms with Crippen molar-refractivity contribution in [1.29, 1.82) is 0 Å². The van der Waals surface area contributed by atoms with Crippen LogP contribution in [0, 0.1) is 6.92 Å². The van der Waals surface area contributed by atoms with Crippen LogP contribution in [-0.4, -0.2) is 15.0 Å². The maximum absolute atomic E-state index is 5.81. The van der Waals surface area contributed by atoms with Gasteiger partial charge in [-0.15, -0.1) is 4.80 Å². The van der Waals surface area contributed by atoms with E-state index in [1.165, 1.54) is 4.80 Å². The van der Waals surface area contributed by atoms with E-state index >= 15 is 0 Å². The molecule has 0 spiro atoms. The zero-order chi connectivity index (χ0) is 9.26. The predicted octanol–water partition coefficient (Wildman–Crippen LogP) is 1.16. The highest BCUT2D eigenvalue weighted by Crippen LogP contribution is 2.18. The summed E-state index contributed by atoms with van der Waals surface area (Å²) >= 11 is 0. The Bertz CT molecular complexity index is 385. The third-order valence-electron chi connectivity index (χ3n) is 1.89. The Morgan fingerprint density at radius 3 is 2.54 bits per heavy atom. The Kier molecular flexibility index (Phi) is 1.73. The fourth-order valence-electron chi connectivity index (χ4n) is 1.29. The first kappa shape index (κ1) is 7.79. The molecule has 0 unspecified atom stereocenters. The first-order valence-electron chi connectivity index (χ1n) is 4.01. The van der Waals surface area contributed by atoms with Gasteiger partial charge < -0.3 is 5.73 Å². The largest absolute Gasteiger partial charge is 0.397 e. The standard InChI is InChI=1S/C9H10N4/c1-7-3-2-4-8(10)9(7)13-11-5-6-12-13/h2-6H,10H2,1H3. The lowest BCUT2D eigenvalue weighted by Gasteiger charge is -2.06. The summed E-state index contributed by atoms with van der Waals surface area (Å²) in [4.78, 5) is 1.53. The second-order valence-corrected chi connectivity index (χ2v) is 2.83. The fourth-order valence-corrected chi connectivity index (χ4v) is 1.29. The monoisotopic (exact) mass is 174 g/mol. The van der Waals surface area contributed by atoms with Crippen LogP contribution in [0.2, 0.25) is 0 Å². The van der Waals surface area contributed by atoms with Crippen molar-refractivity contribution in [3.63, 3.8) is 0 Å². The van der Waals surface area contributed by atoms with Crippen LogP contribution in [0.25, 0.3) is 5.69 Å². The molecule has 0 bridgehead atoms. The summed E-state index contributed by atoms with van der Waals surface area (Å²) in [5.41, 5.74) is 8.42. The predicted molar refractivity (Wildman–Crippen MR) is 50.5 cm³/mol. The number of nitrogens with two attached hydrogens (primary N) is 1. The van der Waals surface area contributed by atoms with E-state index in [9.17, 15) is 0 Å². The average molecular weight is 174 g/mol. The lowest BCUT2D eigenvalue weighted by Crippen LogP contribution is -2.04. The molecule has 66 valence electrons. The number of nitrogens with zero attached hydrogens (tertiary/aromatic N) is 3. The van der Waals surface area contributed by atoms with Crippen molar-refractivity contribution in [3.8, 4) is 5.69 Å². The van der Waals surface area contributed by atoms with Crippen LogP contribution in [0.5, 0.6) is 0 Å². The summed E-state index contributed by atoms with van der Waals surface area (Å²) in [5, 5.41) is 8.07. The summed E-state index contributed by atoms with van der Waals surface area (Å²) in [6, 6.07) is 5.73. The lowest BCUT2D eigenvalue weighted by molar-refractivity contribution is 0.749. The topological polar surface area (TPSA) is 56.7 Å². The minimum absolute atomic E-state index is 0.691. The molecular weight excluding hydrogens is 164 g/mol. The number of aromatic nitrogens is 3. The molecule has 4 nitrogen and oxygen atoms in total. The number of anilines is 1. The van der Waals surface area contributed by atoms with Gasteiger partial charge >= 0.3 is 0 Å². The van der Waals surface area contributed by atoms with Crippen molar-refractivity contribution in [1.82, 2.24) is 15.0 Å². The third-order valence-corrected chi connectivity index (χ3v) is 1.89. The van der Waals surface area contributed by atoms with Gasteiger partial charge in [-0.05, 0) is 18.6 Å². The highest BCUT2D eigenvalue weighted by atomic mass is 15.5. The van der Waals surface area contributed by atoms with Crippen molar-refractivity contribution in [3.05, 3.63) is 36.2 Å². The first-order chi connectivity index (χ1) is 6.29. The molecule has 0 fully saturated rings. The van der Waals surface area contributed by atoms with E-state index in [1.54, 1.807) is 12.4 Å². The first-order valence-corrected chi connectivity index (χ1v) is 4.01. The normalized spacial score (nSPS) is 10.2. The number of nitrogen functional groups attached to an aromatic ring is 1. The van der Waals surface area contributed by atoms with Gasteiger partial charge in [0.05, 0.1) is 18.1 Å². The van der Waals surface area contributed by atoms with Gasteiger partial charge in [-0.2, -0.15) is 10.2 Å². The number of benzene rings is 1. The molecule has 2 aromatic rings. The molecule has 0 aliphatic carbocycles. The summed E-state index contributed by atoms with van der Waals surface area (Å²) in [7, 11) is 0. The Morgan fingerprint density at radius 1 is 1.23 bits per heavy atom. The van der Waals surface area contributed by atoms with Crippen molar-refractivity contribution >= 4 is 5.69 Å². The van der Waals surface area contributed by atoms with Gasteiger partial charge in [0.1, 0.15) is 5.69 Å². The molecule has 2 N–H and O–H groups in total. The van der Waals surface area contributed by atoms with Gasteiger partial charge in [0.2, 0.25) is 0 Å². The van der Waals surface area contributed by atoms with Crippen molar-refractivity contribution in [2.24, 2.45) is 0 Å². The molecule has 13 heavy (non-hydrogen) atoms. The summed E-state index contributed by atoms with van der Waals surface area (Å²) in [6.07, 6.45) is 3.26. The minimum atomic E-state index is 0.691. The Balaban J connectivity index is 2.64. The molecule has 0 aliphatic heterocycles. The maximum Gasteiger partial charge on any atom is 0.111 e. The van der Waals surface area contributed by atoms with E-state index in [1.807, 2.05) is 25.1 Å². The molecule has 0 aliphatic rings. The van der Waals surface area contributed by atoms with E-state index in [2.05, 4.69) is 10.2 Å². The SMILES string of the molecule is Cc1cccc(N)c1-n1nccn1. The highest BCUT2D eigenvalue weighted by Gasteiger charge is 2.05. The van der Waals surface area contributed by atoms with Crippen molar-refractivity contribution in [2.45, 2.75) is 6.92 Å². The Hall–Kier alpha value is -1.84. The summed E-state index contributed by atoms with van der Waals surface area (Å²) in [5.74, 6) is 0. The van der Waals surface area contributed by atoms with Crippen molar-refractivity contribution < 1.29 is 0 Å². The molecule has 0 atom stereocenters. The molecule has 1 aromatic carbocycles. The van der Waals surface area contributed by atoms with Gasteiger partial charge in [-0.3, -0.25) is 0 Å². The van der Waals surface area contributed by atoms with E-state index in [0.29, 0.717) is 5.69 Å². The van der Waals surface area contributed by atoms with E-state index < -0.39 is 0 Å². The second kappa shape index (κ2) is 2.90. The van der Waals surface area contributed by atoms with E-state index in [-0.39, 0.29) is 0 Å². The van der Waals surface area contributed by atoms with Gasteiger partial charge in [0.15, 0.2) is 0 Å². The van der Waals surface area contributed by atoms with E-state index in [4.69, 9.17) is 5.73 Å². The number of para-hydroxylation sites is 1. The molecular formula is C9H10N4. The quantitative estimate of drug-likeness (QED) is 0.660. The van der Waals surface area contributed by atoms with Crippen molar-refractivity contribution in [2.75, 3.05) is 5.73 Å². The Labute approximate surface area is 76.0 Å². The molecule has 0 saturated heterocycles. The van der Waals surface area contributed by atoms with Gasteiger partial charge in [-0.1, -0.05) is 12.1 Å². The Morgan fingerprint density at radius 2 is 1.92 bits per heavy atom. The van der Waals surface area contributed by atoms with Gasteiger partial charge in [0.25, 0.3) is 0 Å². The van der Waals surface area contributed by atoms with Crippen LogP contribution in [0.1, 0.15) is 5.56 Å². The van der Waals surface area contributed by atoms with Crippen LogP contribution in [0.3, 0.4) is 0 Å².